The van der Waals surface area contributed by atoms with Crippen LogP contribution >= 0.6 is 27.7 Å². The van der Waals surface area contributed by atoms with Crippen LogP contribution in [0.25, 0.3) is 11.4 Å². The smallest absolute Gasteiger partial charge is 0.270 e. The number of benzene rings is 2. The number of nitrogens with zero attached hydrogens (tertiary/aromatic N) is 4. The number of carbonyl (C=O) groups excluding carboxylic acids is 1. The van der Waals surface area contributed by atoms with Crippen LogP contribution in [0.3, 0.4) is 0 Å². The van der Waals surface area contributed by atoms with Crippen molar-refractivity contribution in [1.82, 2.24) is 14.8 Å². The molecule has 2 aromatic carbocycles. The second kappa shape index (κ2) is 8.94. The van der Waals surface area contributed by atoms with Crippen molar-refractivity contribution < 1.29 is 9.72 Å². The summed E-state index contributed by atoms with van der Waals surface area (Å²) in [6.07, 6.45) is 1.73. The summed E-state index contributed by atoms with van der Waals surface area (Å²) in [6, 6.07) is 13.4. The number of hydrogen-bond donors (Lipinski definition) is 0. The molecule has 0 spiro atoms. The number of allylic oxidation sites excluding steroid dienone is 1. The summed E-state index contributed by atoms with van der Waals surface area (Å²) in [6.45, 7) is 4.26. The molecule has 0 unspecified atom stereocenters. The van der Waals surface area contributed by atoms with Gasteiger partial charge in [0.25, 0.3) is 5.69 Å². The van der Waals surface area contributed by atoms with Crippen LogP contribution < -0.4 is 0 Å². The lowest BCUT2D eigenvalue weighted by Crippen LogP contribution is -2.06. The van der Waals surface area contributed by atoms with Gasteiger partial charge in [-0.1, -0.05) is 58.0 Å². The topological polar surface area (TPSA) is 90.9 Å². The van der Waals surface area contributed by atoms with E-state index >= 15 is 0 Å². The second-order valence-corrected chi connectivity index (χ2v) is 7.59. The van der Waals surface area contributed by atoms with Crippen molar-refractivity contribution in [2.24, 2.45) is 0 Å². The predicted molar refractivity (Wildman–Crippen MR) is 112 cm³/mol. The van der Waals surface area contributed by atoms with Crippen LogP contribution in [0.4, 0.5) is 5.69 Å². The lowest BCUT2D eigenvalue weighted by atomic mass is 10.1. The third kappa shape index (κ3) is 4.55. The first-order valence-corrected chi connectivity index (χ1v) is 9.98. The molecule has 28 heavy (non-hydrogen) atoms. The van der Waals surface area contributed by atoms with E-state index < -0.39 is 4.92 Å². The summed E-state index contributed by atoms with van der Waals surface area (Å²) >= 11 is 4.64. The number of nitro groups is 1. The van der Waals surface area contributed by atoms with Gasteiger partial charge in [0.05, 0.1) is 10.7 Å². The second-order valence-electron chi connectivity index (χ2n) is 5.73. The number of non-ortho nitro benzene ring substituents is 1. The summed E-state index contributed by atoms with van der Waals surface area (Å²) < 4.78 is 2.84. The van der Waals surface area contributed by atoms with E-state index in [1.807, 2.05) is 28.8 Å². The molecule has 0 amide bonds. The van der Waals surface area contributed by atoms with Gasteiger partial charge in [0, 0.05) is 34.3 Å². The van der Waals surface area contributed by atoms with Crippen LogP contribution in [-0.4, -0.2) is 31.2 Å². The zero-order chi connectivity index (χ0) is 20.1. The maximum atomic E-state index is 12.5. The molecule has 1 aromatic heterocycles. The molecule has 0 atom stereocenters. The number of ketones is 1. The van der Waals surface area contributed by atoms with E-state index in [0.717, 1.165) is 10.0 Å². The Bertz CT molecular complexity index is 1030. The lowest BCUT2D eigenvalue weighted by molar-refractivity contribution is -0.384. The van der Waals surface area contributed by atoms with Gasteiger partial charge in [-0.05, 0) is 12.1 Å². The zero-order valence-electron chi connectivity index (χ0n) is 14.6. The lowest BCUT2D eigenvalue weighted by Gasteiger charge is -2.08. The highest BCUT2D eigenvalue weighted by atomic mass is 79.9. The van der Waals surface area contributed by atoms with Crippen LogP contribution in [0, 0.1) is 10.1 Å². The van der Waals surface area contributed by atoms with Gasteiger partial charge in [-0.25, -0.2) is 0 Å². The van der Waals surface area contributed by atoms with E-state index in [9.17, 15) is 14.9 Å². The Labute approximate surface area is 173 Å². The molecule has 7 nitrogen and oxygen atoms in total. The van der Waals surface area contributed by atoms with Crippen LogP contribution in [0.15, 0.2) is 70.8 Å². The van der Waals surface area contributed by atoms with Crippen molar-refractivity contribution in [1.29, 1.82) is 0 Å². The maximum absolute atomic E-state index is 12.5. The normalized spacial score (nSPS) is 10.6. The molecule has 9 heteroatoms. The highest BCUT2D eigenvalue weighted by molar-refractivity contribution is 9.10. The van der Waals surface area contributed by atoms with Gasteiger partial charge in [-0.3, -0.25) is 19.5 Å². The number of rotatable bonds is 8. The highest BCUT2D eigenvalue weighted by Gasteiger charge is 2.17. The van der Waals surface area contributed by atoms with Crippen molar-refractivity contribution in [3.05, 3.63) is 81.3 Å². The summed E-state index contributed by atoms with van der Waals surface area (Å²) in [4.78, 5) is 22.8. The van der Waals surface area contributed by atoms with E-state index in [1.165, 1.54) is 30.0 Å². The maximum Gasteiger partial charge on any atom is 0.270 e. The molecule has 0 bridgehead atoms. The van der Waals surface area contributed by atoms with Gasteiger partial charge in [-0.15, -0.1) is 16.8 Å². The SMILES string of the molecule is C=CCn1c(SCC(=O)c2cccc([N+](=O)[O-])c2)nnc1-c1ccc(Br)cc1. The molecule has 0 fully saturated rings. The first kappa shape index (κ1) is 20.0. The number of thioether (sulfide) groups is 1. The number of aromatic nitrogens is 3. The van der Waals surface area contributed by atoms with Gasteiger partial charge in [-0.2, -0.15) is 0 Å². The molecule has 142 valence electrons. The zero-order valence-corrected chi connectivity index (χ0v) is 17.0. The molecule has 0 aliphatic carbocycles. The van der Waals surface area contributed by atoms with Crippen molar-refractivity contribution in [3.8, 4) is 11.4 Å². The molecule has 3 rings (SSSR count). The minimum Gasteiger partial charge on any atom is -0.298 e. The van der Waals surface area contributed by atoms with Crippen LogP contribution in [-0.2, 0) is 6.54 Å². The Balaban J connectivity index is 1.80. The van der Waals surface area contributed by atoms with E-state index in [1.54, 1.807) is 12.1 Å². The van der Waals surface area contributed by atoms with Gasteiger partial charge in [0.15, 0.2) is 16.8 Å². The van der Waals surface area contributed by atoms with Crippen molar-refractivity contribution in [3.63, 3.8) is 0 Å². The molecule has 0 N–H and O–H groups in total. The average molecular weight is 459 g/mol. The minimum atomic E-state index is -0.519. The number of halogens is 1. The molecule has 0 saturated carbocycles. The third-order valence-corrected chi connectivity index (χ3v) is 5.34. The quantitative estimate of drug-likeness (QED) is 0.158. The van der Waals surface area contributed by atoms with Gasteiger partial charge in [0.2, 0.25) is 0 Å². The highest BCUT2D eigenvalue weighted by Crippen LogP contribution is 2.26. The molecule has 1 heterocycles. The minimum absolute atomic E-state index is 0.0940. The molecular formula is C19H15BrN4O3S. The van der Waals surface area contributed by atoms with E-state index in [2.05, 4.69) is 32.7 Å². The Kier molecular flexibility index (Phi) is 6.37. The first-order chi connectivity index (χ1) is 13.5. The number of hydrogen-bond acceptors (Lipinski definition) is 6. The third-order valence-electron chi connectivity index (χ3n) is 3.84. The summed E-state index contributed by atoms with van der Waals surface area (Å²) in [5.41, 5.74) is 1.09. The molecule has 3 aromatic rings. The van der Waals surface area contributed by atoms with E-state index in [-0.39, 0.29) is 17.2 Å². The molecule has 0 radical (unpaired) electrons. The Morgan fingerprint density at radius 3 is 2.68 bits per heavy atom. The monoisotopic (exact) mass is 458 g/mol. The van der Waals surface area contributed by atoms with Gasteiger partial charge < -0.3 is 0 Å². The van der Waals surface area contributed by atoms with Crippen LogP contribution in [0.5, 0.6) is 0 Å². The van der Waals surface area contributed by atoms with Crippen LogP contribution in [0.1, 0.15) is 10.4 Å². The fourth-order valence-electron chi connectivity index (χ4n) is 2.51. The van der Waals surface area contributed by atoms with Crippen LogP contribution in [0.2, 0.25) is 0 Å². The summed E-state index contributed by atoms with van der Waals surface area (Å²) in [5, 5.41) is 19.9. The number of carbonyl (C=O) groups is 1. The molecule has 0 aliphatic heterocycles. The Morgan fingerprint density at radius 1 is 1.25 bits per heavy atom. The largest absolute Gasteiger partial charge is 0.298 e. The van der Waals surface area contributed by atoms with Gasteiger partial charge >= 0.3 is 0 Å². The number of nitro benzene ring substituents is 1. The molecular weight excluding hydrogens is 444 g/mol. The first-order valence-electron chi connectivity index (χ1n) is 8.20. The standard InChI is InChI=1S/C19H15BrN4O3S/c1-2-10-23-18(13-6-8-15(20)9-7-13)21-22-19(23)28-12-17(25)14-4-3-5-16(11-14)24(26)27/h2-9,11H,1,10,12H2. The predicted octanol–water partition coefficient (Wildman–Crippen LogP) is 4.78. The molecule has 0 saturated heterocycles. The van der Waals surface area contributed by atoms with E-state index in [4.69, 9.17) is 0 Å². The summed E-state index contributed by atoms with van der Waals surface area (Å²) in [7, 11) is 0. The number of Topliss-reactive ketones (excluding diaryl/α,β-unsaturated/α-hetero) is 1. The van der Waals surface area contributed by atoms with E-state index in [0.29, 0.717) is 23.1 Å². The fraction of sp³-hybridized carbons (Fsp3) is 0.105. The van der Waals surface area contributed by atoms with Crippen molar-refractivity contribution >= 4 is 39.2 Å². The van der Waals surface area contributed by atoms with Gasteiger partial charge in [0.1, 0.15) is 0 Å². The Hall–Kier alpha value is -2.78. The Morgan fingerprint density at radius 2 is 2.00 bits per heavy atom. The van der Waals surface area contributed by atoms with Crippen molar-refractivity contribution in [2.45, 2.75) is 11.7 Å². The van der Waals surface area contributed by atoms with Crippen molar-refractivity contribution in [2.75, 3.05) is 5.75 Å². The summed E-state index contributed by atoms with van der Waals surface area (Å²) in [5.74, 6) is 0.557. The fourth-order valence-corrected chi connectivity index (χ4v) is 3.61. The average Bonchev–Trinajstić information content (AvgIpc) is 3.09. The molecule has 0 aliphatic rings.